The number of rotatable bonds is 6. The lowest BCUT2D eigenvalue weighted by molar-refractivity contribution is 0.495. The number of hydrogen-bond donors (Lipinski definition) is 1. The second-order valence-electron chi connectivity index (χ2n) is 4.79. The van der Waals surface area contributed by atoms with E-state index < -0.39 is 0 Å². The molecule has 0 bridgehead atoms. The highest BCUT2D eigenvalue weighted by molar-refractivity contribution is 5.23. The van der Waals surface area contributed by atoms with E-state index in [4.69, 9.17) is 4.42 Å². The van der Waals surface area contributed by atoms with Crippen molar-refractivity contribution in [1.29, 1.82) is 0 Å². The fourth-order valence-electron chi connectivity index (χ4n) is 2.16. The van der Waals surface area contributed by atoms with Crippen LogP contribution < -0.4 is 5.32 Å². The van der Waals surface area contributed by atoms with Crippen molar-refractivity contribution in [3.63, 3.8) is 0 Å². The summed E-state index contributed by atoms with van der Waals surface area (Å²) in [6, 6.07) is 9.03. The molecular weight excluding hydrogens is 241 g/mol. The Hall–Kier alpha value is -1.61. The summed E-state index contributed by atoms with van der Waals surface area (Å²) < 4.78 is 19.1. The molecule has 1 unspecified atom stereocenters. The van der Waals surface area contributed by atoms with Gasteiger partial charge in [0.1, 0.15) is 11.6 Å². The van der Waals surface area contributed by atoms with Gasteiger partial charge in [-0.3, -0.25) is 0 Å². The molecule has 0 fully saturated rings. The number of furan rings is 1. The summed E-state index contributed by atoms with van der Waals surface area (Å²) >= 11 is 0. The topological polar surface area (TPSA) is 25.2 Å². The molecule has 2 aromatic rings. The maximum atomic E-state index is 13.7. The Balaban J connectivity index is 2.16. The summed E-state index contributed by atoms with van der Waals surface area (Å²) in [5, 5.41) is 3.45. The molecule has 0 aliphatic rings. The number of nitrogens with one attached hydrogen (secondary N) is 1. The maximum absolute atomic E-state index is 13.7. The summed E-state index contributed by atoms with van der Waals surface area (Å²) in [6.45, 7) is 4.95. The van der Waals surface area contributed by atoms with Crippen LogP contribution in [0, 0.1) is 12.7 Å². The van der Waals surface area contributed by atoms with Crippen LogP contribution in [0.1, 0.15) is 36.3 Å². The van der Waals surface area contributed by atoms with Crippen molar-refractivity contribution >= 4 is 0 Å². The Morgan fingerprint density at radius 1 is 1.32 bits per heavy atom. The van der Waals surface area contributed by atoms with Crippen LogP contribution in [0.3, 0.4) is 0 Å². The van der Waals surface area contributed by atoms with Crippen LogP contribution in [-0.4, -0.2) is 6.54 Å². The molecule has 1 aromatic carbocycles. The molecule has 2 nitrogen and oxygen atoms in total. The number of benzene rings is 1. The average molecular weight is 261 g/mol. The summed E-state index contributed by atoms with van der Waals surface area (Å²) in [7, 11) is 0. The normalized spacial score (nSPS) is 12.6. The molecule has 19 heavy (non-hydrogen) atoms. The second-order valence-corrected chi connectivity index (χ2v) is 4.79. The van der Waals surface area contributed by atoms with Gasteiger partial charge in [0.2, 0.25) is 0 Å². The Labute approximate surface area is 113 Å². The molecule has 0 aliphatic carbocycles. The summed E-state index contributed by atoms with van der Waals surface area (Å²) in [6.07, 6.45) is 3.43. The SMILES string of the molecule is CCCNC(Cc1ccccc1F)c1coc(C)c1. The number of halogens is 1. The van der Waals surface area contributed by atoms with E-state index >= 15 is 0 Å². The smallest absolute Gasteiger partial charge is 0.126 e. The van der Waals surface area contributed by atoms with Crippen LogP contribution in [-0.2, 0) is 6.42 Å². The van der Waals surface area contributed by atoms with Gasteiger partial charge in [0.25, 0.3) is 0 Å². The first-order valence-corrected chi connectivity index (χ1v) is 6.72. The third-order valence-electron chi connectivity index (χ3n) is 3.18. The van der Waals surface area contributed by atoms with Gasteiger partial charge < -0.3 is 9.73 Å². The zero-order valence-corrected chi connectivity index (χ0v) is 11.4. The lowest BCUT2D eigenvalue weighted by atomic mass is 10.0. The first-order valence-electron chi connectivity index (χ1n) is 6.72. The van der Waals surface area contributed by atoms with E-state index in [1.165, 1.54) is 6.07 Å². The van der Waals surface area contributed by atoms with Gasteiger partial charge in [-0.25, -0.2) is 4.39 Å². The lowest BCUT2D eigenvalue weighted by Gasteiger charge is -2.17. The summed E-state index contributed by atoms with van der Waals surface area (Å²) in [5.74, 6) is 0.734. The molecule has 1 aromatic heterocycles. The highest BCUT2D eigenvalue weighted by Crippen LogP contribution is 2.22. The van der Waals surface area contributed by atoms with Crippen molar-refractivity contribution in [3.8, 4) is 0 Å². The van der Waals surface area contributed by atoms with E-state index in [9.17, 15) is 4.39 Å². The molecule has 3 heteroatoms. The summed E-state index contributed by atoms with van der Waals surface area (Å²) in [4.78, 5) is 0. The Kier molecular flexibility index (Phi) is 4.74. The minimum absolute atomic E-state index is 0.0919. The Morgan fingerprint density at radius 2 is 2.11 bits per heavy atom. The van der Waals surface area contributed by atoms with Crippen molar-refractivity contribution in [3.05, 3.63) is 59.3 Å². The highest BCUT2D eigenvalue weighted by Gasteiger charge is 2.15. The average Bonchev–Trinajstić information content (AvgIpc) is 2.83. The van der Waals surface area contributed by atoms with Gasteiger partial charge in [-0.1, -0.05) is 25.1 Å². The third-order valence-corrected chi connectivity index (χ3v) is 3.18. The zero-order valence-electron chi connectivity index (χ0n) is 11.4. The van der Waals surface area contributed by atoms with Crippen LogP contribution in [0.25, 0.3) is 0 Å². The molecule has 0 spiro atoms. The molecule has 1 N–H and O–H groups in total. The molecule has 0 aliphatic heterocycles. The molecule has 0 amide bonds. The standard InChI is InChI=1S/C16H20FNO/c1-3-8-18-16(14-9-12(2)19-11-14)10-13-6-4-5-7-15(13)17/h4-7,9,11,16,18H,3,8,10H2,1-2H3. The van der Waals surface area contributed by atoms with Crippen molar-refractivity contribution in [1.82, 2.24) is 5.32 Å². The molecule has 0 radical (unpaired) electrons. The van der Waals surface area contributed by atoms with Gasteiger partial charge >= 0.3 is 0 Å². The van der Waals surface area contributed by atoms with E-state index in [1.807, 2.05) is 25.1 Å². The third kappa shape index (κ3) is 3.67. The fourth-order valence-corrected chi connectivity index (χ4v) is 2.16. The molecule has 1 atom stereocenters. The molecule has 0 saturated heterocycles. The van der Waals surface area contributed by atoms with E-state index in [2.05, 4.69) is 12.2 Å². The Bertz CT molecular complexity index is 521. The van der Waals surface area contributed by atoms with Crippen LogP contribution in [0.2, 0.25) is 0 Å². The highest BCUT2D eigenvalue weighted by atomic mass is 19.1. The fraction of sp³-hybridized carbons (Fsp3) is 0.375. The minimum Gasteiger partial charge on any atom is -0.469 e. The molecule has 1 heterocycles. The molecular formula is C16H20FNO. The predicted molar refractivity (Wildman–Crippen MR) is 74.6 cm³/mol. The van der Waals surface area contributed by atoms with Gasteiger partial charge in [0.15, 0.2) is 0 Å². The lowest BCUT2D eigenvalue weighted by Crippen LogP contribution is -2.24. The van der Waals surface area contributed by atoms with E-state index in [0.29, 0.717) is 6.42 Å². The molecule has 102 valence electrons. The van der Waals surface area contributed by atoms with Gasteiger partial charge in [-0.2, -0.15) is 0 Å². The maximum Gasteiger partial charge on any atom is 0.126 e. The zero-order chi connectivity index (χ0) is 13.7. The monoisotopic (exact) mass is 261 g/mol. The van der Waals surface area contributed by atoms with Crippen molar-refractivity contribution in [2.75, 3.05) is 6.54 Å². The van der Waals surface area contributed by atoms with Gasteiger partial charge in [0, 0.05) is 11.6 Å². The van der Waals surface area contributed by atoms with Crippen LogP contribution in [0.4, 0.5) is 4.39 Å². The predicted octanol–water partition coefficient (Wildman–Crippen LogP) is 4.01. The van der Waals surface area contributed by atoms with Gasteiger partial charge in [0.05, 0.1) is 6.26 Å². The van der Waals surface area contributed by atoms with E-state index in [0.717, 1.165) is 29.9 Å². The van der Waals surface area contributed by atoms with Crippen molar-refractivity contribution in [2.45, 2.75) is 32.7 Å². The van der Waals surface area contributed by atoms with E-state index in [-0.39, 0.29) is 11.9 Å². The van der Waals surface area contributed by atoms with Gasteiger partial charge in [-0.15, -0.1) is 0 Å². The molecule has 0 saturated carbocycles. The molecule has 2 rings (SSSR count). The summed E-state index contributed by atoms with van der Waals surface area (Å²) in [5.41, 5.74) is 1.81. The second kappa shape index (κ2) is 6.53. The Morgan fingerprint density at radius 3 is 2.74 bits per heavy atom. The number of hydrogen-bond acceptors (Lipinski definition) is 2. The van der Waals surface area contributed by atoms with Crippen LogP contribution in [0.15, 0.2) is 41.0 Å². The van der Waals surface area contributed by atoms with Crippen LogP contribution >= 0.6 is 0 Å². The quantitative estimate of drug-likeness (QED) is 0.850. The first kappa shape index (κ1) is 13.8. The van der Waals surface area contributed by atoms with Crippen molar-refractivity contribution in [2.24, 2.45) is 0 Å². The van der Waals surface area contributed by atoms with Gasteiger partial charge in [-0.05, 0) is 44.0 Å². The largest absolute Gasteiger partial charge is 0.469 e. The van der Waals surface area contributed by atoms with Crippen molar-refractivity contribution < 1.29 is 8.81 Å². The number of aryl methyl sites for hydroxylation is 1. The van der Waals surface area contributed by atoms with E-state index in [1.54, 1.807) is 12.3 Å². The van der Waals surface area contributed by atoms with Crippen LogP contribution in [0.5, 0.6) is 0 Å². The first-order chi connectivity index (χ1) is 9.20. The minimum atomic E-state index is -0.147.